The normalized spacial score (nSPS) is 12.6. The third-order valence-electron chi connectivity index (χ3n) is 3.56. The van der Waals surface area contributed by atoms with Gasteiger partial charge in [0.1, 0.15) is 6.33 Å². The third kappa shape index (κ3) is 6.50. The molecule has 0 aliphatic rings. The number of unbranched alkanes of at least 4 members (excludes halogenated alkanes) is 1. The highest BCUT2D eigenvalue weighted by Crippen LogP contribution is 2.18. The molecular formula is C15H28N4OS. The highest BCUT2D eigenvalue weighted by Gasteiger charge is 2.12. The van der Waals surface area contributed by atoms with E-state index in [1.165, 1.54) is 31.0 Å². The average molecular weight is 312 g/mol. The Bertz CT molecular complexity index is 420. The molecule has 120 valence electrons. The highest BCUT2D eigenvalue weighted by molar-refractivity contribution is 7.99. The van der Waals surface area contributed by atoms with Crippen LogP contribution in [0, 0.1) is 5.92 Å². The number of nitrogens with one attached hydrogen (secondary N) is 1. The Morgan fingerprint density at radius 2 is 2.19 bits per heavy atom. The van der Waals surface area contributed by atoms with Crippen molar-refractivity contribution >= 4 is 17.7 Å². The summed E-state index contributed by atoms with van der Waals surface area (Å²) in [4.78, 5) is 11.9. The summed E-state index contributed by atoms with van der Waals surface area (Å²) in [5.74, 6) is 1.07. The number of thioether (sulfide) groups is 1. The lowest BCUT2D eigenvalue weighted by Gasteiger charge is -2.15. The number of aromatic nitrogens is 3. The maximum absolute atomic E-state index is 11.9. The fourth-order valence-electron chi connectivity index (χ4n) is 2.07. The van der Waals surface area contributed by atoms with Gasteiger partial charge in [-0.15, -0.1) is 10.2 Å². The van der Waals surface area contributed by atoms with Crippen LogP contribution in [0.5, 0.6) is 0 Å². The fraction of sp³-hybridized carbons (Fsp3) is 0.800. The van der Waals surface area contributed by atoms with Crippen LogP contribution in [-0.4, -0.2) is 33.0 Å². The van der Waals surface area contributed by atoms with E-state index >= 15 is 0 Å². The van der Waals surface area contributed by atoms with Crippen molar-refractivity contribution in [3.8, 4) is 0 Å². The highest BCUT2D eigenvalue weighted by atomic mass is 32.2. The monoisotopic (exact) mass is 312 g/mol. The summed E-state index contributed by atoms with van der Waals surface area (Å²) in [5, 5.41) is 11.8. The van der Waals surface area contributed by atoms with Gasteiger partial charge in [-0.3, -0.25) is 4.79 Å². The minimum atomic E-state index is 0.0771. The van der Waals surface area contributed by atoms with Crippen LogP contribution in [-0.2, 0) is 4.79 Å². The number of amides is 1. The van der Waals surface area contributed by atoms with Crippen molar-refractivity contribution < 1.29 is 4.79 Å². The summed E-state index contributed by atoms with van der Waals surface area (Å²) in [6.45, 7) is 9.33. The molecule has 0 aromatic carbocycles. The zero-order valence-electron chi connectivity index (χ0n) is 13.6. The Hall–Kier alpha value is -1.04. The van der Waals surface area contributed by atoms with Gasteiger partial charge in [-0.25, -0.2) is 0 Å². The molecule has 5 nitrogen and oxygen atoms in total. The second-order valence-corrected chi connectivity index (χ2v) is 6.57. The molecule has 1 amide bonds. The molecule has 0 aliphatic carbocycles. The summed E-state index contributed by atoms with van der Waals surface area (Å²) >= 11 is 1.44. The predicted octanol–water partition coefficient (Wildman–Crippen LogP) is 3.28. The SMILES string of the molecule is CCCCC(CC)CNC(=O)CSc1nncn1C(C)C. The van der Waals surface area contributed by atoms with Gasteiger partial charge >= 0.3 is 0 Å². The lowest BCUT2D eigenvalue weighted by atomic mass is 9.99. The molecule has 21 heavy (non-hydrogen) atoms. The van der Waals surface area contributed by atoms with Crippen LogP contribution in [0.4, 0.5) is 0 Å². The van der Waals surface area contributed by atoms with E-state index in [4.69, 9.17) is 0 Å². The number of hydrogen-bond donors (Lipinski definition) is 1. The van der Waals surface area contributed by atoms with Gasteiger partial charge in [0.15, 0.2) is 5.16 Å². The van der Waals surface area contributed by atoms with Crippen molar-refractivity contribution in [2.24, 2.45) is 5.92 Å². The first-order valence-corrected chi connectivity index (χ1v) is 8.86. The van der Waals surface area contributed by atoms with Gasteiger partial charge < -0.3 is 9.88 Å². The first-order chi connectivity index (χ1) is 10.1. The molecule has 0 spiro atoms. The second kappa shape index (κ2) is 9.82. The summed E-state index contributed by atoms with van der Waals surface area (Å²) in [6.07, 6.45) is 6.48. The largest absolute Gasteiger partial charge is 0.355 e. The molecule has 0 radical (unpaired) electrons. The first kappa shape index (κ1) is 18.0. The van der Waals surface area contributed by atoms with E-state index in [0.29, 0.717) is 17.7 Å². The van der Waals surface area contributed by atoms with E-state index in [0.717, 1.165) is 18.1 Å². The topological polar surface area (TPSA) is 59.8 Å². The Balaban J connectivity index is 2.32. The van der Waals surface area contributed by atoms with Crippen LogP contribution in [0.15, 0.2) is 11.5 Å². The van der Waals surface area contributed by atoms with E-state index in [1.807, 2.05) is 4.57 Å². The quantitative estimate of drug-likeness (QED) is 0.674. The smallest absolute Gasteiger partial charge is 0.230 e. The van der Waals surface area contributed by atoms with E-state index in [-0.39, 0.29) is 5.91 Å². The molecule has 1 unspecified atom stereocenters. The molecule has 1 heterocycles. The Labute approximate surface area is 132 Å². The Morgan fingerprint density at radius 1 is 1.43 bits per heavy atom. The van der Waals surface area contributed by atoms with Crippen LogP contribution in [0.2, 0.25) is 0 Å². The maximum Gasteiger partial charge on any atom is 0.230 e. The second-order valence-electron chi connectivity index (χ2n) is 5.62. The lowest BCUT2D eigenvalue weighted by Crippen LogP contribution is -2.30. The number of nitrogens with zero attached hydrogens (tertiary/aromatic N) is 3. The molecule has 0 fully saturated rings. The first-order valence-electron chi connectivity index (χ1n) is 7.87. The van der Waals surface area contributed by atoms with Gasteiger partial charge in [0.25, 0.3) is 0 Å². The fourth-order valence-corrected chi connectivity index (χ4v) is 2.95. The predicted molar refractivity (Wildman–Crippen MR) is 87.4 cm³/mol. The third-order valence-corrected chi connectivity index (χ3v) is 4.52. The van der Waals surface area contributed by atoms with E-state index < -0.39 is 0 Å². The standard InChI is InChI=1S/C15H28N4OS/c1-5-7-8-13(6-2)9-16-14(20)10-21-15-18-17-11-19(15)12(3)4/h11-13H,5-10H2,1-4H3,(H,16,20). The number of hydrogen-bond acceptors (Lipinski definition) is 4. The molecule has 6 heteroatoms. The summed E-state index contributed by atoms with van der Waals surface area (Å²) in [7, 11) is 0. The summed E-state index contributed by atoms with van der Waals surface area (Å²) < 4.78 is 1.98. The Kier molecular flexibility index (Phi) is 8.42. The Morgan fingerprint density at radius 3 is 2.81 bits per heavy atom. The zero-order chi connectivity index (χ0) is 15.7. The molecule has 0 bridgehead atoms. The number of carbonyl (C=O) groups excluding carboxylic acids is 1. The number of carbonyl (C=O) groups is 1. The van der Waals surface area contributed by atoms with Crippen LogP contribution < -0.4 is 5.32 Å². The summed E-state index contributed by atoms with van der Waals surface area (Å²) in [6, 6.07) is 0.309. The molecule has 1 aromatic rings. The van der Waals surface area contributed by atoms with Gasteiger partial charge in [0.2, 0.25) is 5.91 Å². The van der Waals surface area contributed by atoms with E-state index in [1.54, 1.807) is 6.33 Å². The van der Waals surface area contributed by atoms with Gasteiger partial charge in [0.05, 0.1) is 5.75 Å². The molecule has 1 rings (SSSR count). The minimum absolute atomic E-state index is 0.0771. The van der Waals surface area contributed by atoms with Crippen molar-refractivity contribution in [1.82, 2.24) is 20.1 Å². The molecule has 0 saturated heterocycles. The zero-order valence-corrected chi connectivity index (χ0v) is 14.4. The lowest BCUT2D eigenvalue weighted by molar-refractivity contribution is -0.118. The van der Waals surface area contributed by atoms with E-state index in [9.17, 15) is 4.79 Å². The summed E-state index contributed by atoms with van der Waals surface area (Å²) in [5.41, 5.74) is 0. The van der Waals surface area contributed by atoms with Crippen molar-refractivity contribution in [1.29, 1.82) is 0 Å². The van der Waals surface area contributed by atoms with Crippen molar-refractivity contribution in [3.63, 3.8) is 0 Å². The van der Waals surface area contributed by atoms with Gasteiger partial charge in [-0.2, -0.15) is 0 Å². The van der Waals surface area contributed by atoms with Crippen molar-refractivity contribution in [2.75, 3.05) is 12.3 Å². The van der Waals surface area contributed by atoms with Crippen molar-refractivity contribution in [3.05, 3.63) is 6.33 Å². The van der Waals surface area contributed by atoms with Gasteiger partial charge in [-0.05, 0) is 26.2 Å². The van der Waals surface area contributed by atoms with Gasteiger partial charge in [-0.1, -0.05) is 44.9 Å². The number of rotatable bonds is 10. The molecule has 1 N–H and O–H groups in total. The molecule has 0 saturated carbocycles. The van der Waals surface area contributed by atoms with E-state index in [2.05, 4.69) is 43.2 Å². The van der Waals surface area contributed by atoms with Crippen LogP contribution in [0.1, 0.15) is 59.4 Å². The van der Waals surface area contributed by atoms with Crippen LogP contribution in [0.25, 0.3) is 0 Å². The van der Waals surface area contributed by atoms with Gasteiger partial charge in [0, 0.05) is 12.6 Å². The van der Waals surface area contributed by atoms with Crippen LogP contribution in [0.3, 0.4) is 0 Å². The van der Waals surface area contributed by atoms with Crippen molar-refractivity contribution in [2.45, 2.75) is 64.6 Å². The molecule has 1 aromatic heterocycles. The van der Waals surface area contributed by atoms with Crippen LogP contribution >= 0.6 is 11.8 Å². The maximum atomic E-state index is 11.9. The average Bonchev–Trinajstić information content (AvgIpc) is 2.94. The minimum Gasteiger partial charge on any atom is -0.355 e. The molecular weight excluding hydrogens is 284 g/mol. The molecule has 0 aliphatic heterocycles. The molecule has 1 atom stereocenters.